The number of rotatable bonds is 7. The molecule has 1 heterocycles. The third-order valence-corrected chi connectivity index (χ3v) is 8.08. The number of nitrogens with zero attached hydrogens (tertiary/aromatic N) is 1. The number of esters is 1. The third kappa shape index (κ3) is 3.47. The number of aromatic nitrogens is 1. The summed E-state index contributed by atoms with van der Waals surface area (Å²) in [5.74, 6) is 0.947. The predicted octanol–water partition coefficient (Wildman–Crippen LogP) is 4.21. The van der Waals surface area contributed by atoms with E-state index in [4.69, 9.17) is 9.47 Å². The van der Waals surface area contributed by atoms with E-state index in [1.165, 1.54) is 19.3 Å². The highest BCUT2D eigenvalue weighted by Gasteiger charge is 2.60. The van der Waals surface area contributed by atoms with Gasteiger partial charge in [0.1, 0.15) is 0 Å². The van der Waals surface area contributed by atoms with Crippen molar-refractivity contribution in [1.82, 2.24) is 4.57 Å². The maximum atomic E-state index is 13.1. The molecule has 0 saturated heterocycles. The minimum Gasteiger partial charge on any atom is -0.457 e. The molecule has 1 aromatic rings. The third-order valence-electron chi connectivity index (χ3n) is 7.15. The molecule has 2 atom stereocenters. The number of hydrogen-bond donors (Lipinski definition) is 0. The van der Waals surface area contributed by atoms with Crippen LogP contribution in [0.5, 0.6) is 0 Å². The lowest BCUT2D eigenvalue weighted by Crippen LogP contribution is -2.56. The molecule has 4 bridgehead atoms. The van der Waals surface area contributed by atoms with Gasteiger partial charge in [-0.25, -0.2) is 0 Å². The molecule has 28 heavy (non-hydrogen) atoms. The van der Waals surface area contributed by atoms with Crippen molar-refractivity contribution < 1.29 is 19.1 Å². The normalized spacial score (nSPS) is 33.3. The molecule has 4 aliphatic carbocycles. The van der Waals surface area contributed by atoms with Gasteiger partial charge in [-0.15, -0.1) is 0 Å². The fourth-order valence-electron chi connectivity index (χ4n) is 6.36. The van der Waals surface area contributed by atoms with E-state index < -0.39 is 0 Å². The first-order chi connectivity index (χ1) is 13.3. The van der Waals surface area contributed by atoms with Gasteiger partial charge in [-0.3, -0.25) is 9.59 Å². The molecule has 4 fully saturated rings. The van der Waals surface area contributed by atoms with E-state index in [2.05, 4.69) is 20.5 Å². The highest BCUT2D eigenvalue weighted by atomic mass is 79.9. The number of hydrogen-bond acceptors (Lipinski definition) is 4. The van der Waals surface area contributed by atoms with Crippen LogP contribution in [0.15, 0.2) is 6.07 Å². The molecule has 2 unspecified atom stereocenters. The van der Waals surface area contributed by atoms with Crippen molar-refractivity contribution in [2.75, 3.05) is 20.3 Å². The van der Waals surface area contributed by atoms with E-state index >= 15 is 0 Å². The van der Waals surface area contributed by atoms with E-state index in [1.54, 1.807) is 7.11 Å². The Morgan fingerprint density at radius 3 is 2.50 bits per heavy atom. The molecule has 0 radical (unpaired) electrons. The van der Waals surface area contributed by atoms with Gasteiger partial charge >= 0.3 is 5.97 Å². The van der Waals surface area contributed by atoms with Gasteiger partial charge in [-0.1, -0.05) is 15.9 Å². The van der Waals surface area contributed by atoms with Crippen LogP contribution < -0.4 is 0 Å². The molecule has 6 heteroatoms. The summed E-state index contributed by atoms with van der Waals surface area (Å²) in [6, 6.07) is 1.89. The highest BCUT2D eigenvalue weighted by Crippen LogP contribution is 2.64. The molecule has 0 aliphatic heterocycles. The van der Waals surface area contributed by atoms with Crippen LogP contribution in [0.4, 0.5) is 0 Å². The molecule has 154 valence electrons. The van der Waals surface area contributed by atoms with Gasteiger partial charge in [-0.05, 0) is 70.3 Å². The van der Waals surface area contributed by atoms with E-state index in [0.717, 1.165) is 30.7 Å². The minimum atomic E-state index is -0.386. The molecule has 0 spiro atoms. The average molecular weight is 452 g/mol. The number of ether oxygens (including phenoxy) is 2. The summed E-state index contributed by atoms with van der Waals surface area (Å²) in [5, 5.41) is 0. The second-order valence-electron chi connectivity index (χ2n) is 9.32. The number of ketones is 1. The van der Waals surface area contributed by atoms with E-state index in [9.17, 15) is 9.59 Å². The van der Waals surface area contributed by atoms with Crippen LogP contribution >= 0.6 is 15.9 Å². The minimum absolute atomic E-state index is 0.104. The van der Waals surface area contributed by atoms with E-state index in [-0.39, 0.29) is 28.1 Å². The van der Waals surface area contributed by atoms with Crippen LogP contribution in [0.3, 0.4) is 0 Å². The fraction of sp³-hybridized carbons (Fsp3) is 0.727. The molecule has 0 aromatic carbocycles. The summed E-state index contributed by atoms with van der Waals surface area (Å²) in [5.41, 5.74) is 2.18. The Morgan fingerprint density at radius 1 is 1.21 bits per heavy atom. The lowest BCUT2D eigenvalue weighted by molar-refractivity contribution is -0.168. The summed E-state index contributed by atoms with van der Waals surface area (Å²) >= 11 is 3.93. The number of halogens is 1. The van der Waals surface area contributed by atoms with Crippen molar-refractivity contribution in [3.63, 3.8) is 0 Å². The molecule has 5 rings (SSSR count). The molecule has 4 saturated carbocycles. The first-order valence-corrected chi connectivity index (χ1v) is 11.1. The van der Waals surface area contributed by atoms with E-state index in [1.807, 2.05) is 19.9 Å². The van der Waals surface area contributed by atoms with Crippen molar-refractivity contribution in [2.24, 2.45) is 17.3 Å². The van der Waals surface area contributed by atoms with Crippen molar-refractivity contribution in [1.29, 1.82) is 0 Å². The van der Waals surface area contributed by atoms with Crippen LogP contribution in [-0.2, 0) is 20.8 Å². The van der Waals surface area contributed by atoms with Crippen LogP contribution in [0, 0.1) is 31.1 Å². The number of Topliss-reactive ketones (excluding diaryl/α,β-unsaturated/α-hetero) is 1. The summed E-state index contributed by atoms with van der Waals surface area (Å²) in [6.07, 6.45) is 6.29. The van der Waals surface area contributed by atoms with Gasteiger partial charge in [0.05, 0.1) is 12.0 Å². The molecular weight excluding hydrogens is 422 g/mol. The van der Waals surface area contributed by atoms with Crippen LogP contribution in [0.2, 0.25) is 0 Å². The van der Waals surface area contributed by atoms with Crippen LogP contribution in [-0.4, -0.2) is 41.0 Å². The van der Waals surface area contributed by atoms with Crippen molar-refractivity contribution in [2.45, 2.75) is 63.2 Å². The first kappa shape index (κ1) is 20.1. The molecule has 4 aliphatic rings. The molecule has 1 aromatic heterocycles. The Bertz CT molecular complexity index is 785. The standard InChI is InChI=1S/C22H30BrNO4/c1-14-6-18(15(2)24(14)4-5-27-3)19(25)12-28-20(26)21-8-16-7-17(9-21)11-22(23,10-16)13-21/h6,16-17H,4-5,7-13H2,1-3H3. The molecule has 0 N–H and O–H groups in total. The monoisotopic (exact) mass is 451 g/mol. The summed E-state index contributed by atoms with van der Waals surface area (Å²) in [4.78, 5) is 25.8. The number of methoxy groups -OCH3 is 1. The van der Waals surface area contributed by atoms with Crippen LogP contribution in [0.1, 0.15) is 60.3 Å². The van der Waals surface area contributed by atoms with Crippen LogP contribution in [0.25, 0.3) is 0 Å². The van der Waals surface area contributed by atoms with Gasteiger partial charge in [-0.2, -0.15) is 0 Å². The molecule has 0 amide bonds. The molecular formula is C22H30BrNO4. The maximum absolute atomic E-state index is 13.1. The zero-order valence-corrected chi connectivity index (χ0v) is 18.6. The van der Waals surface area contributed by atoms with Crippen molar-refractivity contribution in [3.05, 3.63) is 23.0 Å². The Morgan fingerprint density at radius 2 is 1.89 bits per heavy atom. The van der Waals surface area contributed by atoms with Crippen molar-refractivity contribution in [3.8, 4) is 0 Å². The number of alkyl halides is 1. The zero-order valence-electron chi connectivity index (χ0n) is 17.1. The Labute approximate surface area is 175 Å². The lowest BCUT2D eigenvalue weighted by atomic mass is 9.49. The maximum Gasteiger partial charge on any atom is 0.312 e. The predicted molar refractivity (Wildman–Crippen MR) is 110 cm³/mol. The second kappa shape index (κ2) is 7.28. The van der Waals surface area contributed by atoms with Gasteiger partial charge in [0.2, 0.25) is 5.78 Å². The second-order valence-corrected chi connectivity index (χ2v) is 11.0. The summed E-state index contributed by atoms with van der Waals surface area (Å²) in [7, 11) is 1.67. The summed E-state index contributed by atoms with van der Waals surface area (Å²) < 4.78 is 13.0. The first-order valence-electron chi connectivity index (χ1n) is 10.3. The SMILES string of the molecule is COCCn1c(C)cc(C(=O)COC(=O)C23CC4CC(CC(Br)(C4)C2)C3)c1C. The smallest absolute Gasteiger partial charge is 0.312 e. The molecule has 5 nitrogen and oxygen atoms in total. The highest BCUT2D eigenvalue weighted by molar-refractivity contribution is 9.10. The van der Waals surface area contributed by atoms with Gasteiger partial charge < -0.3 is 14.0 Å². The Balaban J connectivity index is 1.42. The topological polar surface area (TPSA) is 57.5 Å². The zero-order chi connectivity index (χ0) is 20.1. The Hall–Kier alpha value is -1.14. The van der Waals surface area contributed by atoms with Gasteiger partial charge in [0, 0.05) is 34.9 Å². The number of aryl methyl sites for hydroxylation is 1. The fourth-order valence-corrected chi connectivity index (χ4v) is 7.81. The largest absolute Gasteiger partial charge is 0.457 e. The average Bonchev–Trinajstić information content (AvgIpc) is 2.89. The van der Waals surface area contributed by atoms with E-state index in [0.29, 0.717) is 30.6 Å². The number of carbonyl (C=O) groups is 2. The van der Waals surface area contributed by atoms with Gasteiger partial charge in [0.25, 0.3) is 0 Å². The Kier molecular flexibility index (Phi) is 5.24. The quantitative estimate of drug-likeness (QED) is 0.353. The van der Waals surface area contributed by atoms with Crippen molar-refractivity contribution >= 4 is 27.7 Å². The number of carbonyl (C=O) groups excluding carboxylic acids is 2. The lowest BCUT2D eigenvalue weighted by Gasteiger charge is -2.58. The van der Waals surface area contributed by atoms with Gasteiger partial charge in [0.15, 0.2) is 6.61 Å². The summed E-state index contributed by atoms with van der Waals surface area (Å²) in [6.45, 7) is 5.06.